The van der Waals surface area contributed by atoms with Crippen molar-refractivity contribution in [3.05, 3.63) is 58.0 Å². The Morgan fingerprint density at radius 2 is 1.93 bits per heavy atom. The van der Waals surface area contributed by atoms with E-state index in [1.807, 2.05) is 24.4 Å². The topological polar surface area (TPSA) is 75.4 Å². The highest BCUT2D eigenvalue weighted by Gasteiger charge is 2.28. The summed E-state index contributed by atoms with van der Waals surface area (Å²) in [7, 11) is 2.11. The average Bonchev–Trinajstić information content (AvgIpc) is 3.54. The predicted octanol–water partition coefficient (Wildman–Crippen LogP) is 3.36. The summed E-state index contributed by atoms with van der Waals surface area (Å²) in [6.45, 7) is 2.50. The van der Waals surface area contributed by atoms with E-state index >= 15 is 0 Å². The molecule has 7 heteroatoms. The van der Waals surface area contributed by atoms with Gasteiger partial charge in [-0.3, -0.25) is 15.0 Å². The number of rotatable bonds is 6. The van der Waals surface area contributed by atoms with E-state index in [4.69, 9.17) is 4.98 Å². The first kappa shape index (κ1) is 17.9. The highest BCUT2D eigenvalue weighted by molar-refractivity contribution is 5.40. The fourth-order valence-corrected chi connectivity index (χ4v) is 3.81. The van der Waals surface area contributed by atoms with Crippen LogP contribution in [0.5, 0.6) is 0 Å². The van der Waals surface area contributed by atoms with Gasteiger partial charge in [-0.25, -0.2) is 9.97 Å². The van der Waals surface area contributed by atoms with Gasteiger partial charge >= 0.3 is 0 Å². The molecule has 1 aliphatic heterocycles. The molecule has 1 saturated heterocycles. The predicted molar refractivity (Wildman–Crippen MR) is 104 cm³/mol. The number of anilines is 1. The third-order valence-electron chi connectivity index (χ3n) is 5.65. The lowest BCUT2D eigenvalue weighted by molar-refractivity contribution is -0.385. The fraction of sp³-hybridized carbons (Fsp3) is 0.500. The molecule has 2 aliphatic rings. The molecule has 2 fully saturated rings. The molecule has 2 aromatic rings. The van der Waals surface area contributed by atoms with Crippen LogP contribution in [0, 0.1) is 10.1 Å². The second-order valence-corrected chi connectivity index (χ2v) is 7.55. The Hall–Kier alpha value is -2.54. The number of nitro groups is 1. The summed E-state index contributed by atoms with van der Waals surface area (Å²) in [4.78, 5) is 24.7. The number of hydrogen-bond acceptors (Lipinski definition) is 6. The van der Waals surface area contributed by atoms with Gasteiger partial charge in [0.25, 0.3) is 5.69 Å². The van der Waals surface area contributed by atoms with Gasteiger partial charge in [-0.2, -0.15) is 0 Å². The number of likely N-dealkylation sites (tertiary alicyclic amines) is 1. The van der Waals surface area contributed by atoms with Crippen LogP contribution in [0.3, 0.4) is 0 Å². The molecule has 1 saturated carbocycles. The summed E-state index contributed by atoms with van der Waals surface area (Å²) in [5.41, 5.74) is 1.00. The number of nitrogens with zero attached hydrogens (tertiary/aromatic N) is 5. The van der Waals surface area contributed by atoms with Crippen molar-refractivity contribution in [3.8, 4) is 0 Å². The number of nitro benzene ring substituents is 1. The number of para-hydroxylation sites is 1. The molecular formula is C20H25N5O2. The van der Waals surface area contributed by atoms with Crippen LogP contribution in [-0.2, 0) is 6.54 Å². The zero-order valence-electron chi connectivity index (χ0n) is 15.6. The first-order valence-electron chi connectivity index (χ1n) is 9.62. The average molecular weight is 367 g/mol. The molecule has 4 rings (SSSR count). The van der Waals surface area contributed by atoms with Gasteiger partial charge in [-0.15, -0.1) is 0 Å². The molecule has 0 spiro atoms. The standard InChI is InChI=1S/C20H25N5O2/c1-23(19-8-11-21-20(22-19)15-6-7-15)17-9-12-24(13-10-17)14-16-4-2-3-5-18(16)25(26)27/h2-5,8,11,15,17H,6-7,9-10,12-14H2,1H3. The summed E-state index contributed by atoms with van der Waals surface area (Å²) >= 11 is 0. The van der Waals surface area contributed by atoms with Crippen LogP contribution >= 0.6 is 0 Å². The van der Waals surface area contributed by atoms with E-state index in [1.54, 1.807) is 12.1 Å². The van der Waals surface area contributed by atoms with Crippen molar-refractivity contribution in [2.45, 2.75) is 44.2 Å². The lowest BCUT2D eigenvalue weighted by Gasteiger charge is -2.37. The van der Waals surface area contributed by atoms with Crippen molar-refractivity contribution in [2.75, 3.05) is 25.0 Å². The van der Waals surface area contributed by atoms with E-state index in [2.05, 4.69) is 21.8 Å². The van der Waals surface area contributed by atoms with Gasteiger partial charge in [0, 0.05) is 56.5 Å². The normalized spacial score (nSPS) is 18.4. The van der Waals surface area contributed by atoms with E-state index in [0.29, 0.717) is 18.5 Å². The van der Waals surface area contributed by atoms with Crippen LogP contribution in [0.15, 0.2) is 36.5 Å². The van der Waals surface area contributed by atoms with E-state index in [9.17, 15) is 10.1 Å². The van der Waals surface area contributed by atoms with Crippen molar-refractivity contribution in [3.63, 3.8) is 0 Å². The van der Waals surface area contributed by atoms with Crippen LogP contribution in [0.2, 0.25) is 0 Å². The van der Waals surface area contributed by atoms with Crippen molar-refractivity contribution in [1.29, 1.82) is 0 Å². The van der Waals surface area contributed by atoms with E-state index in [-0.39, 0.29) is 10.6 Å². The summed E-state index contributed by atoms with van der Waals surface area (Å²) in [6.07, 6.45) is 6.34. The molecule has 7 nitrogen and oxygen atoms in total. The zero-order chi connectivity index (χ0) is 18.8. The highest BCUT2D eigenvalue weighted by atomic mass is 16.6. The minimum absolute atomic E-state index is 0.213. The lowest BCUT2D eigenvalue weighted by Crippen LogP contribution is -2.43. The maximum absolute atomic E-state index is 11.2. The van der Waals surface area contributed by atoms with Crippen LogP contribution in [0.25, 0.3) is 0 Å². The Kier molecular flexibility index (Phi) is 5.03. The maximum atomic E-state index is 11.2. The van der Waals surface area contributed by atoms with Gasteiger partial charge in [-0.05, 0) is 31.7 Å². The molecule has 142 valence electrons. The van der Waals surface area contributed by atoms with Crippen LogP contribution in [0.4, 0.5) is 11.5 Å². The smallest absolute Gasteiger partial charge is 0.273 e. The molecule has 1 aliphatic carbocycles. The van der Waals surface area contributed by atoms with E-state index in [0.717, 1.165) is 43.1 Å². The Morgan fingerprint density at radius 3 is 2.63 bits per heavy atom. The lowest BCUT2D eigenvalue weighted by atomic mass is 10.0. The Balaban J connectivity index is 1.36. The highest BCUT2D eigenvalue weighted by Crippen LogP contribution is 2.38. The zero-order valence-corrected chi connectivity index (χ0v) is 15.6. The third-order valence-corrected chi connectivity index (χ3v) is 5.65. The molecule has 0 atom stereocenters. The van der Waals surface area contributed by atoms with Crippen molar-refractivity contribution < 1.29 is 4.92 Å². The second kappa shape index (κ2) is 7.60. The van der Waals surface area contributed by atoms with Crippen molar-refractivity contribution in [1.82, 2.24) is 14.9 Å². The summed E-state index contributed by atoms with van der Waals surface area (Å²) < 4.78 is 0. The monoisotopic (exact) mass is 367 g/mol. The van der Waals surface area contributed by atoms with Gasteiger partial charge in [0.05, 0.1) is 4.92 Å². The minimum atomic E-state index is -0.289. The van der Waals surface area contributed by atoms with E-state index in [1.165, 1.54) is 12.8 Å². The van der Waals surface area contributed by atoms with E-state index < -0.39 is 0 Å². The van der Waals surface area contributed by atoms with Crippen molar-refractivity contribution >= 4 is 11.5 Å². The Labute approximate surface area is 159 Å². The SMILES string of the molecule is CN(c1ccnc(C2CC2)n1)C1CCN(Cc2ccccc2[N+](=O)[O-])CC1. The Morgan fingerprint density at radius 1 is 1.19 bits per heavy atom. The maximum Gasteiger partial charge on any atom is 0.273 e. The number of piperidine rings is 1. The molecule has 0 N–H and O–H groups in total. The molecule has 1 aromatic heterocycles. The number of benzene rings is 1. The molecular weight excluding hydrogens is 342 g/mol. The van der Waals surface area contributed by atoms with Crippen LogP contribution in [0.1, 0.15) is 43.0 Å². The van der Waals surface area contributed by atoms with Crippen molar-refractivity contribution in [2.24, 2.45) is 0 Å². The molecule has 27 heavy (non-hydrogen) atoms. The Bertz CT molecular complexity index is 816. The summed E-state index contributed by atoms with van der Waals surface area (Å²) in [5, 5.41) is 11.2. The molecule has 0 bridgehead atoms. The molecule has 1 aromatic carbocycles. The van der Waals surface area contributed by atoms with Gasteiger partial charge in [0.1, 0.15) is 11.6 Å². The first-order chi connectivity index (χ1) is 13.1. The number of aromatic nitrogens is 2. The quantitative estimate of drug-likeness (QED) is 0.576. The van der Waals surface area contributed by atoms with Gasteiger partial charge in [0.15, 0.2) is 0 Å². The second-order valence-electron chi connectivity index (χ2n) is 7.55. The largest absolute Gasteiger partial charge is 0.356 e. The molecule has 0 amide bonds. The number of hydrogen-bond donors (Lipinski definition) is 0. The fourth-order valence-electron chi connectivity index (χ4n) is 3.81. The molecule has 0 unspecified atom stereocenters. The van der Waals surface area contributed by atoms with Crippen LogP contribution in [-0.4, -0.2) is 46.0 Å². The van der Waals surface area contributed by atoms with Crippen LogP contribution < -0.4 is 4.90 Å². The van der Waals surface area contributed by atoms with Gasteiger partial charge < -0.3 is 4.90 Å². The molecule has 0 radical (unpaired) electrons. The third kappa shape index (κ3) is 4.08. The summed E-state index contributed by atoms with van der Waals surface area (Å²) in [6, 6.07) is 9.47. The molecule has 2 heterocycles. The van der Waals surface area contributed by atoms with Gasteiger partial charge in [0.2, 0.25) is 0 Å². The first-order valence-corrected chi connectivity index (χ1v) is 9.62. The van der Waals surface area contributed by atoms with Gasteiger partial charge in [-0.1, -0.05) is 18.2 Å². The summed E-state index contributed by atoms with van der Waals surface area (Å²) in [5.74, 6) is 2.54. The minimum Gasteiger partial charge on any atom is -0.356 e.